The molecular weight excluding hydrogens is 198 g/mol. The van der Waals surface area contributed by atoms with Gasteiger partial charge in [-0.15, -0.1) is 0 Å². The molecule has 0 saturated carbocycles. The van der Waals surface area contributed by atoms with Crippen molar-refractivity contribution < 1.29 is 10.2 Å². The first-order valence-electron chi connectivity index (χ1n) is 4.70. The number of aliphatic hydroxyl groups excluding tert-OH is 2. The van der Waals surface area contributed by atoms with E-state index in [1.165, 1.54) is 12.3 Å². The van der Waals surface area contributed by atoms with E-state index in [0.29, 0.717) is 12.1 Å². The first-order chi connectivity index (χ1) is 7.15. The van der Waals surface area contributed by atoms with Crippen LogP contribution in [0.15, 0.2) is 17.1 Å². The Morgan fingerprint density at radius 2 is 2.20 bits per heavy atom. The molecule has 4 N–H and O–H groups in total. The smallest absolute Gasteiger partial charge is 0.266 e. The molecular formula is C9H15N3O3. The molecule has 0 aliphatic rings. The quantitative estimate of drug-likeness (QED) is 0.519. The Bertz CT molecular complexity index is 351. The molecule has 0 aromatic carbocycles. The van der Waals surface area contributed by atoms with E-state index in [-0.39, 0.29) is 18.8 Å². The summed E-state index contributed by atoms with van der Waals surface area (Å²) in [6.45, 7) is 1.40. The summed E-state index contributed by atoms with van der Waals surface area (Å²) in [4.78, 5) is 11.0. The minimum Gasteiger partial charge on any atom is -0.394 e. The van der Waals surface area contributed by atoms with Crippen LogP contribution in [0.4, 0.5) is 5.69 Å². The molecule has 0 aliphatic carbocycles. The fraction of sp³-hybridized carbons (Fsp3) is 0.556. The normalized spacial score (nSPS) is 11.4. The zero-order chi connectivity index (χ0) is 11.3. The number of anilines is 1. The van der Waals surface area contributed by atoms with Crippen LogP contribution in [-0.2, 0) is 0 Å². The van der Waals surface area contributed by atoms with Crippen LogP contribution < -0.4 is 10.9 Å². The molecule has 1 aromatic rings. The molecule has 0 bridgehead atoms. The Morgan fingerprint density at radius 1 is 1.53 bits per heavy atom. The second-order valence-corrected chi connectivity index (χ2v) is 3.41. The molecule has 1 aromatic heterocycles. The standard InChI is InChI=1S/C9H15N3O3/c1-2-9(5-13,6-14)11-7-3-8(15)12-10-4-7/h3-4,13-14H,2,5-6H2,1H3,(H2,11,12,15). The van der Waals surface area contributed by atoms with E-state index >= 15 is 0 Å². The summed E-state index contributed by atoms with van der Waals surface area (Å²) < 4.78 is 0. The monoisotopic (exact) mass is 213 g/mol. The van der Waals surface area contributed by atoms with Gasteiger partial charge < -0.3 is 15.5 Å². The van der Waals surface area contributed by atoms with Gasteiger partial charge in [0.05, 0.1) is 30.6 Å². The highest BCUT2D eigenvalue weighted by molar-refractivity contribution is 5.42. The Balaban J connectivity index is 2.87. The summed E-state index contributed by atoms with van der Waals surface area (Å²) >= 11 is 0. The van der Waals surface area contributed by atoms with Gasteiger partial charge in [0.25, 0.3) is 5.56 Å². The van der Waals surface area contributed by atoms with E-state index in [4.69, 9.17) is 0 Å². The van der Waals surface area contributed by atoms with Gasteiger partial charge in [-0.25, -0.2) is 5.10 Å². The molecule has 0 fully saturated rings. The van der Waals surface area contributed by atoms with Crippen molar-refractivity contribution in [3.05, 3.63) is 22.6 Å². The predicted octanol–water partition coefficient (Wildman–Crippen LogP) is -0.685. The Kier molecular flexibility index (Phi) is 3.81. The second kappa shape index (κ2) is 4.90. The number of nitrogens with zero attached hydrogens (tertiary/aromatic N) is 1. The van der Waals surface area contributed by atoms with Crippen molar-refractivity contribution in [3.63, 3.8) is 0 Å². The maximum absolute atomic E-state index is 11.0. The summed E-state index contributed by atoms with van der Waals surface area (Å²) in [7, 11) is 0. The highest BCUT2D eigenvalue weighted by Gasteiger charge is 2.26. The fourth-order valence-corrected chi connectivity index (χ4v) is 1.19. The maximum atomic E-state index is 11.0. The third-order valence-electron chi connectivity index (χ3n) is 2.36. The molecule has 1 heterocycles. The number of rotatable bonds is 5. The summed E-state index contributed by atoms with van der Waals surface area (Å²) in [5.41, 5.74) is -0.667. The molecule has 0 unspecified atom stereocenters. The van der Waals surface area contributed by atoms with Crippen LogP contribution in [0, 0.1) is 0 Å². The van der Waals surface area contributed by atoms with E-state index in [9.17, 15) is 15.0 Å². The van der Waals surface area contributed by atoms with Crippen LogP contribution >= 0.6 is 0 Å². The topological polar surface area (TPSA) is 98.2 Å². The van der Waals surface area contributed by atoms with Crippen molar-refractivity contribution in [2.45, 2.75) is 18.9 Å². The van der Waals surface area contributed by atoms with Crippen molar-refractivity contribution in [2.24, 2.45) is 0 Å². The van der Waals surface area contributed by atoms with E-state index in [1.807, 2.05) is 6.92 Å². The van der Waals surface area contributed by atoms with Crippen molar-refractivity contribution in [2.75, 3.05) is 18.5 Å². The van der Waals surface area contributed by atoms with Gasteiger partial charge >= 0.3 is 0 Å². The van der Waals surface area contributed by atoms with E-state index < -0.39 is 5.54 Å². The van der Waals surface area contributed by atoms with E-state index in [1.54, 1.807) is 0 Å². The van der Waals surface area contributed by atoms with Gasteiger partial charge in [-0.1, -0.05) is 6.92 Å². The minimum atomic E-state index is -0.810. The van der Waals surface area contributed by atoms with Crippen molar-refractivity contribution >= 4 is 5.69 Å². The van der Waals surface area contributed by atoms with Crippen molar-refractivity contribution in [1.82, 2.24) is 10.2 Å². The van der Waals surface area contributed by atoms with Gasteiger partial charge in [0.1, 0.15) is 0 Å². The third kappa shape index (κ3) is 2.77. The zero-order valence-corrected chi connectivity index (χ0v) is 8.53. The summed E-state index contributed by atoms with van der Waals surface area (Å²) in [5.74, 6) is 0. The average molecular weight is 213 g/mol. The Labute approximate surface area is 87.0 Å². The average Bonchev–Trinajstić information content (AvgIpc) is 2.26. The number of aliphatic hydroxyl groups is 2. The maximum Gasteiger partial charge on any atom is 0.266 e. The summed E-state index contributed by atoms with van der Waals surface area (Å²) in [6.07, 6.45) is 1.96. The van der Waals surface area contributed by atoms with Crippen LogP contribution in [-0.4, -0.2) is 39.2 Å². The summed E-state index contributed by atoms with van der Waals surface area (Å²) in [6, 6.07) is 1.32. The molecule has 0 spiro atoms. The SMILES string of the molecule is CCC(CO)(CO)Nc1cn[nH]c(=O)c1. The molecule has 0 saturated heterocycles. The van der Waals surface area contributed by atoms with Crippen LogP contribution in [0.25, 0.3) is 0 Å². The van der Waals surface area contributed by atoms with Gasteiger partial charge in [0.2, 0.25) is 0 Å². The number of aromatic nitrogens is 2. The largest absolute Gasteiger partial charge is 0.394 e. The number of nitrogens with one attached hydrogen (secondary N) is 2. The highest BCUT2D eigenvalue weighted by atomic mass is 16.3. The Morgan fingerprint density at radius 3 is 2.67 bits per heavy atom. The van der Waals surface area contributed by atoms with Crippen LogP contribution in [0.2, 0.25) is 0 Å². The predicted molar refractivity (Wildman–Crippen MR) is 55.7 cm³/mol. The third-order valence-corrected chi connectivity index (χ3v) is 2.36. The van der Waals surface area contributed by atoms with Gasteiger partial charge in [0, 0.05) is 6.07 Å². The van der Waals surface area contributed by atoms with Gasteiger partial charge in [-0.2, -0.15) is 5.10 Å². The lowest BCUT2D eigenvalue weighted by molar-refractivity contribution is 0.132. The van der Waals surface area contributed by atoms with Gasteiger partial charge in [-0.3, -0.25) is 4.79 Å². The number of hydrogen-bond acceptors (Lipinski definition) is 5. The molecule has 15 heavy (non-hydrogen) atoms. The molecule has 6 nitrogen and oxygen atoms in total. The molecule has 84 valence electrons. The number of H-pyrrole nitrogens is 1. The fourth-order valence-electron chi connectivity index (χ4n) is 1.19. The van der Waals surface area contributed by atoms with Crippen LogP contribution in [0.3, 0.4) is 0 Å². The lowest BCUT2D eigenvalue weighted by Crippen LogP contribution is -2.45. The lowest BCUT2D eigenvalue weighted by Gasteiger charge is -2.30. The molecule has 0 atom stereocenters. The number of hydrogen-bond donors (Lipinski definition) is 4. The summed E-state index contributed by atoms with van der Waals surface area (Å²) in [5, 5.41) is 27.1. The van der Waals surface area contributed by atoms with Crippen molar-refractivity contribution in [3.8, 4) is 0 Å². The van der Waals surface area contributed by atoms with E-state index in [0.717, 1.165) is 0 Å². The van der Waals surface area contributed by atoms with Gasteiger partial charge in [0.15, 0.2) is 0 Å². The second-order valence-electron chi connectivity index (χ2n) is 3.41. The highest BCUT2D eigenvalue weighted by Crippen LogP contribution is 2.15. The minimum absolute atomic E-state index is 0.215. The van der Waals surface area contributed by atoms with E-state index in [2.05, 4.69) is 15.5 Å². The molecule has 6 heteroatoms. The van der Waals surface area contributed by atoms with Crippen LogP contribution in [0.5, 0.6) is 0 Å². The molecule has 0 aliphatic heterocycles. The number of aromatic amines is 1. The molecule has 0 radical (unpaired) electrons. The first kappa shape index (κ1) is 11.7. The molecule has 1 rings (SSSR count). The first-order valence-corrected chi connectivity index (χ1v) is 4.70. The molecule has 0 amide bonds. The lowest BCUT2D eigenvalue weighted by atomic mass is 9.98. The van der Waals surface area contributed by atoms with Crippen molar-refractivity contribution in [1.29, 1.82) is 0 Å². The zero-order valence-electron chi connectivity index (χ0n) is 8.53. The Hall–Kier alpha value is -1.40. The van der Waals surface area contributed by atoms with Gasteiger partial charge in [-0.05, 0) is 6.42 Å². The van der Waals surface area contributed by atoms with Crippen LogP contribution in [0.1, 0.15) is 13.3 Å².